The largest absolute Gasteiger partial charge is 0.488 e. The van der Waals surface area contributed by atoms with Gasteiger partial charge < -0.3 is 10.1 Å². The summed E-state index contributed by atoms with van der Waals surface area (Å²) in [5, 5.41) is 15.8. The summed E-state index contributed by atoms with van der Waals surface area (Å²) in [6.07, 6.45) is 2.24. The van der Waals surface area contributed by atoms with E-state index in [0.29, 0.717) is 17.1 Å². The molecular weight excluding hydrogens is 314 g/mol. The van der Waals surface area contributed by atoms with E-state index in [0.717, 1.165) is 12.2 Å². The van der Waals surface area contributed by atoms with Crippen LogP contribution in [0.1, 0.15) is 15.2 Å². The normalized spacial score (nSPS) is 15.9. The molecule has 7 nitrogen and oxygen atoms in total. The lowest BCUT2D eigenvalue weighted by atomic mass is 10.1. The molecule has 4 rings (SSSR count). The van der Waals surface area contributed by atoms with Crippen molar-refractivity contribution in [2.24, 2.45) is 0 Å². The summed E-state index contributed by atoms with van der Waals surface area (Å²) in [4.78, 5) is 13.0. The van der Waals surface area contributed by atoms with Crippen molar-refractivity contribution in [3.05, 3.63) is 52.5 Å². The Morgan fingerprint density at radius 1 is 1.39 bits per heavy atom. The van der Waals surface area contributed by atoms with Crippen LogP contribution in [0.25, 0.3) is 5.69 Å². The number of rotatable bonds is 4. The number of nitrogens with zero attached hydrogens (tertiary/aromatic N) is 4. The summed E-state index contributed by atoms with van der Waals surface area (Å²) in [5.41, 5.74) is 1.85. The zero-order valence-corrected chi connectivity index (χ0v) is 12.9. The van der Waals surface area contributed by atoms with Gasteiger partial charge in [-0.3, -0.25) is 4.79 Å². The van der Waals surface area contributed by atoms with E-state index < -0.39 is 0 Å². The van der Waals surface area contributed by atoms with Gasteiger partial charge in [0, 0.05) is 6.42 Å². The maximum atomic E-state index is 12.4. The molecule has 1 aromatic carbocycles. The van der Waals surface area contributed by atoms with E-state index >= 15 is 0 Å². The van der Waals surface area contributed by atoms with Crippen LogP contribution in [0.4, 0.5) is 0 Å². The molecule has 0 saturated carbocycles. The predicted octanol–water partition coefficient (Wildman–Crippen LogP) is 1.46. The Bertz CT molecular complexity index is 805. The first-order chi connectivity index (χ1) is 11.3. The number of para-hydroxylation sites is 1. The number of aromatic nitrogens is 4. The topological polar surface area (TPSA) is 81.9 Å². The Labute approximate surface area is 135 Å². The minimum atomic E-state index is -0.148. The van der Waals surface area contributed by atoms with E-state index in [2.05, 4.69) is 20.8 Å². The fourth-order valence-electron chi connectivity index (χ4n) is 2.58. The van der Waals surface area contributed by atoms with Crippen LogP contribution < -0.4 is 10.1 Å². The number of ether oxygens (including phenoxy) is 1. The number of tetrazole rings is 1. The zero-order valence-electron chi connectivity index (χ0n) is 12.0. The molecule has 0 radical (unpaired) electrons. The number of thiophene rings is 1. The molecule has 8 heteroatoms. The second-order valence-electron chi connectivity index (χ2n) is 5.15. The first-order valence-electron chi connectivity index (χ1n) is 7.15. The molecule has 23 heavy (non-hydrogen) atoms. The van der Waals surface area contributed by atoms with Gasteiger partial charge in [0.2, 0.25) is 0 Å². The Morgan fingerprint density at radius 2 is 2.30 bits per heavy atom. The fourth-order valence-corrected chi connectivity index (χ4v) is 3.37. The summed E-state index contributed by atoms with van der Waals surface area (Å²) in [6.45, 7) is 0.459. The van der Waals surface area contributed by atoms with Crippen molar-refractivity contribution in [1.29, 1.82) is 0 Å². The van der Waals surface area contributed by atoms with Crippen LogP contribution in [0.5, 0.6) is 5.75 Å². The van der Waals surface area contributed by atoms with Crippen LogP contribution in [0.15, 0.2) is 42.0 Å². The van der Waals surface area contributed by atoms with Gasteiger partial charge in [-0.1, -0.05) is 18.2 Å². The lowest BCUT2D eigenvalue weighted by Crippen LogP contribution is -2.34. The molecule has 1 aliphatic rings. The first-order valence-corrected chi connectivity index (χ1v) is 8.03. The lowest BCUT2D eigenvalue weighted by molar-refractivity contribution is 0.0937. The van der Waals surface area contributed by atoms with Gasteiger partial charge in [-0.25, -0.2) is 0 Å². The van der Waals surface area contributed by atoms with Gasteiger partial charge in [0.05, 0.1) is 12.2 Å². The van der Waals surface area contributed by atoms with Crippen molar-refractivity contribution >= 4 is 17.2 Å². The molecular formula is C15H13N5O2S. The summed E-state index contributed by atoms with van der Waals surface area (Å²) in [7, 11) is 0. The molecule has 0 saturated heterocycles. The second-order valence-corrected chi connectivity index (χ2v) is 6.07. The molecule has 3 aromatic rings. The summed E-state index contributed by atoms with van der Waals surface area (Å²) in [6, 6.07) is 9.76. The molecule has 0 fully saturated rings. The third-order valence-corrected chi connectivity index (χ3v) is 4.55. The minimum Gasteiger partial charge on any atom is -0.488 e. The van der Waals surface area contributed by atoms with Gasteiger partial charge >= 0.3 is 0 Å². The van der Waals surface area contributed by atoms with Crippen molar-refractivity contribution in [2.45, 2.75) is 12.5 Å². The molecule has 116 valence electrons. The fraction of sp³-hybridized carbons (Fsp3) is 0.200. The number of hydrogen-bond donors (Lipinski definition) is 1. The molecule has 0 aliphatic carbocycles. The molecule has 1 N–H and O–H groups in total. The number of nitrogens with one attached hydrogen (secondary N) is 1. The maximum absolute atomic E-state index is 12.4. The molecule has 1 amide bonds. The highest BCUT2D eigenvalue weighted by atomic mass is 32.1. The van der Waals surface area contributed by atoms with E-state index in [1.807, 2.05) is 35.7 Å². The Kier molecular flexibility index (Phi) is 3.51. The predicted molar refractivity (Wildman–Crippen MR) is 83.9 cm³/mol. The number of amides is 1. The average molecular weight is 327 g/mol. The molecule has 0 spiro atoms. The molecule has 0 bridgehead atoms. The monoisotopic (exact) mass is 327 g/mol. The van der Waals surface area contributed by atoms with Gasteiger partial charge in [0.15, 0.2) is 0 Å². The van der Waals surface area contributed by atoms with Gasteiger partial charge in [0.1, 0.15) is 23.1 Å². The van der Waals surface area contributed by atoms with Crippen molar-refractivity contribution in [1.82, 2.24) is 25.5 Å². The molecule has 3 heterocycles. The van der Waals surface area contributed by atoms with Crippen LogP contribution in [0, 0.1) is 0 Å². The van der Waals surface area contributed by atoms with E-state index in [-0.39, 0.29) is 12.0 Å². The standard InChI is InChI=1S/C15H13N5O2S/c21-15(14-12(5-6-23-14)20-9-17-18-19-20)16-8-11-7-10-3-1-2-4-13(10)22-11/h1-6,9,11H,7-8H2,(H,16,21). The molecule has 1 atom stereocenters. The number of carbonyl (C=O) groups excluding carboxylic acids is 1. The minimum absolute atomic E-state index is 0.0344. The van der Waals surface area contributed by atoms with Gasteiger partial charge in [-0.2, -0.15) is 4.68 Å². The van der Waals surface area contributed by atoms with Crippen molar-refractivity contribution in [3.63, 3.8) is 0 Å². The van der Waals surface area contributed by atoms with Crippen molar-refractivity contribution in [3.8, 4) is 11.4 Å². The smallest absolute Gasteiger partial charge is 0.263 e. The second kappa shape index (κ2) is 5.81. The summed E-state index contributed by atoms with van der Waals surface area (Å²) in [5.74, 6) is 0.752. The van der Waals surface area contributed by atoms with E-state index in [9.17, 15) is 4.79 Å². The van der Waals surface area contributed by atoms with Crippen LogP contribution in [0.3, 0.4) is 0 Å². The molecule has 1 aliphatic heterocycles. The van der Waals surface area contributed by atoms with E-state index in [4.69, 9.17) is 4.74 Å². The Morgan fingerprint density at radius 3 is 3.13 bits per heavy atom. The van der Waals surface area contributed by atoms with Crippen LogP contribution in [-0.4, -0.2) is 38.8 Å². The number of hydrogen-bond acceptors (Lipinski definition) is 6. The van der Waals surface area contributed by atoms with Gasteiger partial charge in [0.25, 0.3) is 5.91 Å². The van der Waals surface area contributed by atoms with Gasteiger partial charge in [-0.05, 0) is 33.5 Å². The number of fused-ring (bicyclic) bond motifs is 1. The average Bonchev–Trinajstić information content (AvgIpc) is 3.31. The van der Waals surface area contributed by atoms with Crippen LogP contribution in [0.2, 0.25) is 0 Å². The molecule has 1 unspecified atom stereocenters. The number of carbonyl (C=O) groups is 1. The lowest BCUT2D eigenvalue weighted by Gasteiger charge is -2.12. The van der Waals surface area contributed by atoms with Crippen LogP contribution >= 0.6 is 11.3 Å². The Hall–Kier alpha value is -2.74. The highest BCUT2D eigenvalue weighted by Crippen LogP contribution is 2.28. The highest BCUT2D eigenvalue weighted by molar-refractivity contribution is 7.12. The maximum Gasteiger partial charge on any atom is 0.263 e. The zero-order chi connectivity index (χ0) is 15.6. The van der Waals surface area contributed by atoms with Crippen LogP contribution in [-0.2, 0) is 6.42 Å². The van der Waals surface area contributed by atoms with E-state index in [1.165, 1.54) is 27.9 Å². The summed E-state index contributed by atoms with van der Waals surface area (Å²) < 4.78 is 7.31. The number of benzene rings is 1. The quantitative estimate of drug-likeness (QED) is 0.784. The SMILES string of the molecule is O=C(NCC1Cc2ccccc2O1)c1sccc1-n1cnnn1. The van der Waals surface area contributed by atoms with E-state index in [1.54, 1.807) is 0 Å². The first kappa shape index (κ1) is 13.9. The van der Waals surface area contributed by atoms with Gasteiger partial charge in [-0.15, -0.1) is 16.4 Å². The highest BCUT2D eigenvalue weighted by Gasteiger charge is 2.23. The summed E-state index contributed by atoms with van der Waals surface area (Å²) >= 11 is 1.36. The van der Waals surface area contributed by atoms with Crippen molar-refractivity contribution in [2.75, 3.05) is 6.54 Å². The Balaban J connectivity index is 1.41. The third kappa shape index (κ3) is 2.68. The van der Waals surface area contributed by atoms with Crippen molar-refractivity contribution < 1.29 is 9.53 Å². The third-order valence-electron chi connectivity index (χ3n) is 3.65. The molecule has 2 aromatic heterocycles.